The molecule has 33 valence electrons. The third kappa shape index (κ3) is 9.05. The first-order valence-corrected chi connectivity index (χ1v) is 0. The summed E-state index contributed by atoms with van der Waals surface area (Å²) in [5.74, 6) is 0. The van der Waals surface area contributed by atoms with E-state index in [2.05, 4.69) is 0 Å². The maximum atomic E-state index is 0. The van der Waals surface area contributed by atoms with Gasteiger partial charge in [-0.2, -0.15) is 0 Å². The third-order valence-electron chi connectivity index (χ3n) is 0. The molecule has 0 aromatic carbocycles. The molecule has 0 amide bonds. The van der Waals surface area contributed by atoms with Crippen molar-refractivity contribution in [3.8, 4) is 0 Å². The zero-order valence-electron chi connectivity index (χ0n) is 1.12. The quantitative estimate of drug-likeness (QED) is 0.421. The molecule has 0 spiro atoms. The molecule has 0 saturated carbocycles. The van der Waals surface area contributed by atoms with Gasteiger partial charge < -0.3 is 0 Å². The third-order valence-corrected chi connectivity index (χ3v) is 0. The van der Waals surface area contributed by atoms with E-state index in [-0.39, 0.29) is 66.2 Å². The van der Waals surface area contributed by atoms with Crippen molar-refractivity contribution in [1.29, 1.82) is 0 Å². The van der Waals surface area contributed by atoms with Crippen LogP contribution < -0.4 is 0 Å². The molecule has 0 aromatic rings. The Kier molecular flexibility index (Phi) is 196. The van der Waals surface area contributed by atoms with Crippen LogP contribution in [0.5, 0.6) is 0 Å². The predicted molar refractivity (Wildman–Crippen MR) is 11.3 cm³/mol. The van der Waals surface area contributed by atoms with Gasteiger partial charge in [-0.25, -0.2) is 0 Å². The molecule has 0 aromatic heterocycles. The van der Waals surface area contributed by atoms with E-state index in [9.17, 15) is 0 Å². The van der Waals surface area contributed by atoms with E-state index >= 15 is 0 Å². The molecule has 1 radical (unpaired) electrons. The van der Waals surface area contributed by atoms with Gasteiger partial charge in [0.25, 0.3) is 0 Å². The average molecular weight is 202 g/mol. The van der Waals surface area contributed by atoms with E-state index in [1.807, 2.05) is 0 Å². The van der Waals surface area contributed by atoms with E-state index in [1.165, 1.54) is 0 Å². The van der Waals surface area contributed by atoms with Crippen LogP contribution in [0.15, 0.2) is 0 Å². The summed E-state index contributed by atoms with van der Waals surface area (Å²) in [7, 11) is 0. The molecule has 0 atom stereocenters. The molecule has 0 bridgehead atoms. The molecule has 0 saturated heterocycles. The van der Waals surface area contributed by atoms with Crippen molar-refractivity contribution >= 4 is 11.0 Å². The van der Waals surface area contributed by atoms with Crippen LogP contribution in [0.1, 0.15) is 0 Å². The first kappa shape index (κ1) is 38.4. The van der Waals surface area contributed by atoms with Crippen molar-refractivity contribution in [2.75, 3.05) is 0 Å². The fourth-order valence-electron chi connectivity index (χ4n) is 0. The number of rotatable bonds is 0. The summed E-state index contributed by atoms with van der Waals surface area (Å²) in [4.78, 5) is 0. The zero-order chi connectivity index (χ0) is 0. The molecule has 0 rings (SSSR count). The predicted octanol–water partition coefficient (Wildman–Crippen LogP) is -1.46. The maximum Gasteiger partial charge on any atom is 0 e. The van der Waals surface area contributed by atoms with Crippen molar-refractivity contribution in [2.24, 2.45) is 0 Å². The van der Waals surface area contributed by atoms with Crippen molar-refractivity contribution in [3.05, 3.63) is 0 Å². The Morgan fingerprint density at radius 3 is 1.00 bits per heavy atom. The Morgan fingerprint density at radius 2 is 1.00 bits per heavy atom. The smallest absolute Gasteiger partial charge is 0 e. The van der Waals surface area contributed by atoms with Crippen molar-refractivity contribution in [2.45, 2.75) is 0 Å². The van der Waals surface area contributed by atoms with Gasteiger partial charge in [0.2, 0.25) is 0 Å². The van der Waals surface area contributed by atoms with Gasteiger partial charge in [-0.15, -0.1) is 0 Å². The Labute approximate surface area is 65.8 Å². The molecule has 4 heavy (non-hydrogen) atoms. The summed E-state index contributed by atoms with van der Waals surface area (Å²) in [6, 6.07) is 0. The second kappa shape index (κ2) is 20.3. The van der Waals surface area contributed by atoms with Crippen LogP contribution in [0.2, 0.25) is 0 Å². The molecule has 0 heterocycles. The minimum Gasteiger partial charge on any atom is -0.0149 e. The molecule has 0 N–H and O–H groups in total. The van der Waals surface area contributed by atoms with Gasteiger partial charge in [0, 0.05) is 55.3 Å². The maximum absolute atomic E-state index is 0. The van der Waals surface area contributed by atoms with E-state index < -0.39 is 0 Å². The Hall–Kier alpha value is 1.94. The molecule has 0 unspecified atom stereocenters. The van der Waals surface area contributed by atoms with Gasteiger partial charge in [0.05, 0.1) is 0 Å². The zero-order valence-corrected chi connectivity index (χ0v) is 4.61. The van der Waals surface area contributed by atoms with Crippen molar-refractivity contribution in [1.82, 2.24) is 0 Å². The summed E-state index contributed by atoms with van der Waals surface area (Å²) in [5, 5.41) is 0. The van der Waals surface area contributed by atoms with Crippen LogP contribution in [-0.4, -0.2) is 11.0 Å². The largest absolute Gasteiger partial charge is 0.0149 e. The topological polar surface area (TPSA) is 0 Å². The minimum atomic E-state index is 0. The normalized spacial score (nSPS) is 0. The summed E-state index contributed by atoms with van der Waals surface area (Å²) in [6.07, 6.45) is 0. The van der Waals surface area contributed by atoms with Crippen LogP contribution in [0.4, 0.5) is 0 Å². The first-order valence-electron chi connectivity index (χ1n) is 0. The summed E-state index contributed by atoms with van der Waals surface area (Å²) >= 11 is 0. The second-order valence-corrected chi connectivity index (χ2v) is 0. The van der Waals surface area contributed by atoms with Gasteiger partial charge in [-0.3, -0.25) is 0 Å². The van der Waals surface area contributed by atoms with Crippen molar-refractivity contribution in [3.63, 3.8) is 0 Å². The van der Waals surface area contributed by atoms with Gasteiger partial charge in [0.1, 0.15) is 0 Å². The summed E-state index contributed by atoms with van der Waals surface area (Å²) in [5.41, 5.74) is 0. The minimum absolute atomic E-state index is 0. The molecular weight excluding hydrogens is 198 g/mol. The molecule has 0 fully saturated rings. The van der Waals surface area contributed by atoms with E-state index in [0.717, 1.165) is 0 Å². The summed E-state index contributed by atoms with van der Waals surface area (Å²) in [6.45, 7) is 0. The molecule has 0 nitrogen and oxygen atoms in total. The average Bonchev–Trinajstić information content (AvgIpc) is 0. The molecule has 4 heteroatoms. The fourth-order valence-corrected chi connectivity index (χ4v) is 0. The van der Waals surface area contributed by atoms with Crippen LogP contribution in [0.25, 0.3) is 0 Å². The Morgan fingerprint density at radius 1 is 1.00 bits per heavy atom. The van der Waals surface area contributed by atoms with Gasteiger partial charge >= 0.3 is 0 Å². The second-order valence-electron chi connectivity index (χ2n) is 0. The molecule has 0 aliphatic rings. The van der Waals surface area contributed by atoms with Crippen LogP contribution in [0, 0.1) is 0 Å². The molecule has 0 aliphatic carbocycles. The van der Waals surface area contributed by atoms with Crippen LogP contribution in [0.3, 0.4) is 0 Å². The number of hydrogen-bond donors (Lipinski definition) is 0. The Bertz CT molecular complexity index is 8.00. The fraction of sp³-hybridized carbons (Fsp3) is 0. The van der Waals surface area contributed by atoms with Crippen LogP contribution in [-0.2, 0) is 55.3 Å². The molecule has 0 aliphatic heterocycles. The summed E-state index contributed by atoms with van der Waals surface area (Å²) < 4.78 is 0. The van der Waals surface area contributed by atoms with Gasteiger partial charge in [-0.05, 0) is 11.0 Å². The van der Waals surface area contributed by atoms with E-state index in [1.54, 1.807) is 0 Å². The van der Waals surface area contributed by atoms with Crippen LogP contribution >= 0.6 is 0 Å². The SMILES string of the molecule is [Cu].[Ni].[SiH4].[Ti]. The van der Waals surface area contributed by atoms with Crippen molar-refractivity contribution < 1.29 is 55.3 Å². The van der Waals surface area contributed by atoms with E-state index in [0.29, 0.717) is 0 Å². The Balaban J connectivity index is 0. The number of hydrogen-bond acceptors (Lipinski definition) is 0. The first-order chi connectivity index (χ1) is 0. The van der Waals surface area contributed by atoms with Gasteiger partial charge in [-0.1, -0.05) is 0 Å². The molecular formula is H4CuNiSiTi. The monoisotopic (exact) mass is 201 g/mol. The van der Waals surface area contributed by atoms with Gasteiger partial charge in [0.15, 0.2) is 0 Å². The standard InChI is InChI=1S/Cu.Ni.H4Si.Ti/h;;1H4;. The van der Waals surface area contributed by atoms with E-state index in [4.69, 9.17) is 0 Å².